The van der Waals surface area contributed by atoms with Crippen LogP contribution in [0.5, 0.6) is 0 Å². The number of likely N-dealkylation sites (tertiary alicyclic amines) is 1. The van der Waals surface area contributed by atoms with Gasteiger partial charge in [0, 0.05) is 32.4 Å². The van der Waals surface area contributed by atoms with Gasteiger partial charge in [-0.25, -0.2) is 9.97 Å². The summed E-state index contributed by atoms with van der Waals surface area (Å²) >= 11 is 0. The molecule has 1 fully saturated rings. The molecule has 1 amide bonds. The lowest BCUT2D eigenvalue weighted by Crippen LogP contribution is -2.39. The minimum absolute atomic E-state index is 0.0114. The second-order valence-corrected chi connectivity index (χ2v) is 8.67. The number of aromatic nitrogens is 5. The van der Waals surface area contributed by atoms with Gasteiger partial charge >= 0.3 is 0 Å². The number of nitrogens with zero attached hydrogens (tertiary/aromatic N) is 6. The van der Waals surface area contributed by atoms with Gasteiger partial charge in [-0.05, 0) is 61.2 Å². The number of rotatable bonds is 3. The Kier molecular flexibility index (Phi) is 4.53. The van der Waals surface area contributed by atoms with Crippen LogP contribution in [0.1, 0.15) is 41.0 Å². The molecule has 1 aromatic carbocycles. The molecule has 8 heteroatoms. The zero-order valence-corrected chi connectivity index (χ0v) is 18.6. The molecule has 0 N–H and O–H groups in total. The van der Waals surface area contributed by atoms with Crippen LogP contribution in [-0.2, 0) is 0 Å². The lowest BCUT2D eigenvalue weighted by molar-refractivity contribution is 0.0683. The maximum Gasteiger partial charge on any atom is 0.272 e. The highest BCUT2D eigenvalue weighted by Gasteiger charge is 2.26. The first kappa shape index (κ1) is 19.7. The summed E-state index contributed by atoms with van der Waals surface area (Å²) in [5.74, 6) is 0.656. The van der Waals surface area contributed by atoms with E-state index in [1.54, 1.807) is 6.20 Å². The van der Waals surface area contributed by atoms with Crippen LogP contribution in [0.2, 0.25) is 0 Å². The fraction of sp³-hybridized carbons (Fsp3) is 0.280. The lowest BCUT2D eigenvalue weighted by Gasteiger charge is -2.32. The van der Waals surface area contributed by atoms with E-state index in [-0.39, 0.29) is 5.91 Å². The number of carbonyl (C=O) groups excluding carboxylic acids is 1. The normalized spacial score (nSPS) is 15.0. The van der Waals surface area contributed by atoms with Crippen LogP contribution in [0.25, 0.3) is 27.9 Å². The molecule has 0 spiro atoms. The van der Waals surface area contributed by atoms with Crippen molar-refractivity contribution in [2.75, 3.05) is 13.1 Å². The molecule has 6 rings (SSSR count). The van der Waals surface area contributed by atoms with Crippen molar-refractivity contribution in [2.45, 2.75) is 32.7 Å². The van der Waals surface area contributed by atoms with Crippen molar-refractivity contribution in [3.05, 3.63) is 72.3 Å². The molecule has 1 saturated heterocycles. The molecule has 4 aromatic heterocycles. The van der Waals surface area contributed by atoms with E-state index in [1.807, 2.05) is 76.6 Å². The fourth-order valence-corrected chi connectivity index (χ4v) is 4.66. The molecule has 5 aromatic rings. The van der Waals surface area contributed by atoms with Crippen molar-refractivity contribution < 1.29 is 9.21 Å². The van der Waals surface area contributed by atoms with E-state index in [1.165, 1.54) is 0 Å². The standard InChI is InChI=1S/C25H24N6O2/c1-16-7-12-31(28-16)20-8-10-29(11-9-20)25(32)22-14-26-24-6-4-19(15-30(22)24)18-3-5-23-21(13-18)27-17(2)33-23/h3-7,12-15,20H,8-11H2,1-2H3. The van der Waals surface area contributed by atoms with E-state index in [0.717, 1.165) is 46.4 Å². The minimum atomic E-state index is 0.0114. The van der Waals surface area contributed by atoms with Crippen LogP contribution < -0.4 is 0 Å². The van der Waals surface area contributed by atoms with Gasteiger partial charge in [-0.2, -0.15) is 5.10 Å². The zero-order valence-electron chi connectivity index (χ0n) is 18.6. The zero-order chi connectivity index (χ0) is 22.5. The molecule has 1 aliphatic rings. The van der Waals surface area contributed by atoms with E-state index >= 15 is 0 Å². The summed E-state index contributed by atoms with van der Waals surface area (Å²) in [6, 6.07) is 12.3. The Morgan fingerprint density at radius 1 is 1.06 bits per heavy atom. The second kappa shape index (κ2) is 7.58. The van der Waals surface area contributed by atoms with Crippen molar-refractivity contribution in [3.8, 4) is 11.1 Å². The van der Waals surface area contributed by atoms with Crippen molar-refractivity contribution in [1.82, 2.24) is 29.0 Å². The van der Waals surface area contributed by atoms with E-state index < -0.39 is 0 Å². The topological polar surface area (TPSA) is 81.5 Å². The summed E-state index contributed by atoms with van der Waals surface area (Å²) in [5, 5.41) is 4.54. The monoisotopic (exact) mass is 440 g/mol. The molecule has 166 valence electrons. The number of aryl methyl sites for hydroxylation is 2. The maximum absolute atomic E-state index is 13.4. The predicted octanol–water partition coefficient (Wildman–Crippen LogP) is 4.43. The molecule has 0 saturated carbocycles. The van der Waals surface area contributed by atoms with E-state index in [9.17, 15) is 4.79 Å². The molecule has 1 aliphatic heterocycles. The summed E-state index contributed by atoms with van der Waals surface area (Å²) < 4.78 is 9.51. The molecule has 0 radical (unpaired) electrons. The van der Waals surface area contributed by atoms with Gasteiger partial charge in [-0.15, -0.1) is 0 Å². The molecular weight excluding hydrogens is 416 g/mol. The third-order valence-electron chi connectivity index (χ3n) is 6.42. The van der Waals surface area contributed by atoms with Gasteiger partial charge in [0.1, 0.15) is 16.9 Å². The summed E-state index contributed by atoms with van der Waals surface area (Å²) in [6.45, 7) is 5.25. The molecule has 33 heavy (non-hydrogen) atoms. The van der Waals surface area contributed by atoms with Crippen LogP contribution in [0.15, 0.2) is 59.4 Å². The molecule has 0 atom stereocenters. The number of imidazole rings is 1. The van der Waals surface area contributed by atoms with Gasteiger partial charge in [0.05, 0.1) is 17.9 Å². The highest BCUT2D eigenvalue weighted by molar-refractivity contribution is 5.93. The molecule has 0 aliphatic carbocycles. The number of pyridine rings is 1. The number of hydrogen-bond acceptors (Lipinski definition) is 5. The largest absolute Gasteiger partial charge is 0.441 e. The average Bonchev–Trinajstić information content (AvgIpc) is 3.55. The third-order valence-corrected chi connectivity index (χ3v) is 6.42. The molecule has 8 nitrogen and oxygen atoms in total. The number of oxazole rings is 1. The molecule has 5 heterocycles. The summed E-state index contributed by atoms with van der Waals surface area (Å²) in [6.07, 6.45) is 7.47. The number of fused-ring (bicyclic) bond motifs is 2. The minimum Gasteiger partial charge on any atom is -0.441 e. The number of benzene rings is 1. The van der Waals surface area contributed by atoms with Crippen molar-refractivity contribution in [1.29, 1.82) is 0 Å². The van der Waals surface area contributed by atoms with Crippen molar-refractivity contribution in [2.24, 2.45) is 0 Å². The van der Waals surface area contributed by atoms with Gasteiger partial charge in [-0.1, -0.05) is 6.07 Å². The van der Waals surface area contributed by atoms with Gasteiger partial charge < -0.3 is 9.32 Å². The summed E-state index contributed by atoms with van der Waals surface area (Å²) in [7, 11) is 0. The Hall–Kier alpha value is -3.94. The molecule has 0 unspecified atom stereocenters. The Labute approximate surface area is 190 Å². The SMILES string of the molecule is Cc1ccn(C2CCN(C(=O)c3cnc4ccc(-c5ccc6oc(C)nc6c5)cn34)CC2)n1. The van der Waals surface area contributed by atoms with Gasteiger partial charge in [0.15, 0.2) is 11.5 Å². The summed E-state index contributed by atoms with van der Waals surface area (Å²) in [5.41, 5.74) is 5.95. The van der Waals surface area contributed by atoms with E-state index in [2.05, 4.69) is 15.1 Å². The van der Waals surface area contributed by atoms with Crippen molar-refractivity contribution >= 4 is 22.7 Å². The average molecular weight is 441 g/mol. The first-order valence-corrected chi connectivity index (χ1v) is 11.2. The fourth-order valence-electron chi connectivity index (χ4n) is 4.66. The number of piperidine rings is 1. The first-order chi connectivity index (χ1) is 16.0. The third kappa shape index (κ3) is 3.47. The Bertz CT molecular complexity index is 1490. The number of carbonyl (C=O) groups is 1. The quantitative estimate of drug-likeness (QED) is 0.414. The molecule has 0 bridgehead atoms. The van der Waals surface area contributed by atoms with E-state index in [4.69, 9.17) is 4.42 Å². The van der Waals surface area contributed by atoms with Crippen LogP contribution >= 0.6 is 0 Å². The van der Waals surface area contributed by atoms with Crippen molar-refractivity contribution in [3.63, 3.8) is 0 Å². The lowest BCUT2D eigenvalue weighted by atomic mass is 10.0. The smallest absolute Gasteiger partial charge is 0.272 e. The number of amides is 1. The first-order valence-electron chi connectivity index (χ1n) is 11.2. The second-order valence-electron chi connectivity index (χ2n) is 8.67. The van der Waals surface area contributed by atoms with Crippen LogP contribution in [0, 0.1) is 13.8 Å². The van der Waals surface area contributed by atoms with Crippen LogP contribution in [0.4, 0.5) is 0 Å². The number of hydrogen-bond donors (Lipinski definition) is 0. The predicted molar refractivity (Wildman–Crippen MR) is 124 cm³/mol. The van der Waals surface area contributed by atoms with Gasteiger partial charge in [-0.3, -0.25) is 13.9 Å². The van der Waals surface area contributed by atoms with Crippen LogP contribution in [0.3, 0.4) is 0 Å². The summed E-state index contributed by atoms with van der Waals surface area (Å²) in [4.78, 5) is 24.2. The Balaban J connectivity index is 1.26. The Morgan fingerprint density at radius 2 is 1.88 bits per heavy atom. The van der Waals surface area contributed by atoms with E-state index in [0.29, 0.717) is 30.7 Å². The molecular formula is C25H24N6O2. The van der Waals surface area contributed by atoms with Crippen LogP contribution in [-0.4, -0.2) is 48.0 Å². The van der Waals surface area contributed by atoms with Gasteiger partial charge in [0.25, 0.3) is 5.91 Å². The Morgan fingerprint density at radius 3 is 2.67 bits per heavy atom. The van der Waals surface area contributed by atoms with Gasteiger partial charge in [0.2, 0.25) is 0 Å². The highest BCUT2D eigenvalue weighted by Crippen LogP contribution is 2.27. The maximum atomic E-state index is 13.4. The highest BCUT2D eigenvalue weighted by atomic mass is 16.3.